The van der Waals surface area contributed by atoms with Crippen LogP contribution < -0.4 is 11.2 Å². The lowest BCUT2D eigenvalue weighted by molar-refractivity contribution is 0.396. The second-order valence-electron chi connectivity index (χ2n) is 4.90. The molecular formula is C15H16ClN5O6. The van der Waals surface area contributed by atoms with Gasteiger partial charge in [-0.3, -0.25) is 0 Å². The molecule has 9 N–H and O–H groups in total. The van der Waals surface area contributed by atoms with Crippen molar-refractivity contribution in [1.82, 2.24) is 5.43 Å². The molecule has 0 aliphatic carbocycles. The van der Waals surface area contributed by atoms with E-state index in [9.17, 15) is 30.6 Å². The van der Waals surface area contributed by atoms with E-state index in [1.165, 1.54) is 0 Å². The molecule has 12 heteroatoms. The fourth-order valence-corrected chi connectivity index (χ4v) is 1.71. The van der Waals surface area contributed by atoms with E-state index in [1.807, 2.05) is 0 Å². The number of nitrogens with zero attached hydrogens (tertiary/aromatic N) is 3. The number of halogens is 1. The third-order valence-corrected chi connectivity index (χ3v) is 2.99. The second kappa shape index (κ2) is 9.01. The summed E-state index contributed by atoms with van der Waals surface area (Å²) in [6, 6.07) is 4.04. The SMILES string of the molecule is Cl.NC(=N/N=C/c1cc(O)c(O)cc1O)N/N=C/c1cc(O)c(O)cc1O. The van der Waals surface area contributed by atoms with Gasteiger partial charge in [0.2, 0.25) is 5.96 Å². The molecule has 2 aromatic carbocycles. The molecule has 2 aromatic rings. The van der Waals surface area contributed by atoms with Gasteiger partial charge in [0.25, 0.3) is 0 Å². The predicted molar refractivity (Wildman–Crippen MR) is 100 cm³/mol. The first kappa shape index (κ1) is 21.2. The lowest BCUT2D eigenvalue weighted by Gasteiger charge is -2.02. The van der Waals surface area contributed by atoms with Gasteiger partial charge >= 0.3 is 0 Å². The van der Waals surface area contributed by atoms with E-state index < -0.39 is 23.0 Å². The van der Waals surface area contributed by atoms with Crippen LogP contribution >= 0.6 is 12.4 Å². The Morgan fingerprint density at radius 3 is 1.70 bits per heavy atom. The average Bonchev–Trinajstić information content (AvgIpc) is 2.57. The number of phenolic OH excluding ortho intramolecular Hbond substituents is 6. The molecule has 0 saturated carbocycles. The predicted octanol–water partition coefficient (Wildman–Crippen LogP) is 0.614. The molecule has 0 radical (unpaired) electrons. The maximum atomic E-state index is 9.58. The summed E-state index contributed by atoms with van der Waals surface area (Å²) in [4.78, 5) is 0. The van der Waals surface area contributed by atoms with Gasteiger partial charge in [0.05, 0.1) is 12.4 Å². The van der Waals surface area contributed by atoms with Crippen LogP contribution in [0.4, 0.5) is 0 Å². The Morgan fingerprint density at radius 2 is 1.19 bits per heavy atom. The summed E-state index contributed by atoms with van der Waals surface area (Å²) in [7, 11) is 0. The smallest absolute Gasteiger partial charge is 0.234 e. The summed E-state index contributed by atoms with van der Waals surface area (Å²) in [6.45, 7) is 0. The molecule has 0 atom stereocenters. The topological polar surface area (TPSA) is 197 Å². The van der Waals surface area contributed by atoms with E-state index >= 15 is 0 Å². The van der Waals surface area contributed by atoms with Crippen molar-refractivity contribution >= 4 is 30.8 Å². The average molecular weight is 398 g/mol. The van der Waals surface area contributed by atoms with Gasteiger partial charge < -0.3 is 36.4 Å². The Balaban J connectivity index is 0.00000364. The third-order valence-electron chi connectivity index (χ3n) is 2.99. The van der Waals surface area contributed by atoms with Crippen LogP contribution in [0.3, 0.4) is 0 Å². The first-order chi connectivity index (χ1) is 12.3. The van der Waals surface area contributed by atoms with Crippen molar-refractivity contribution in [1.29, 1.82) is 0 Å². The summed E-state index contributed by atoms with van der Waals surface area (Å²) in [5, 5.41) is 67.0. The minimum Gasteiger partial charge on any atom is -0.507 e. The van der Waals surface area contributed by atoms with E-state index in [2.05, 4.69) is 20.7 Å². The Hall–Kier alpha value is -3.86. The van der Waals surface area contributed by atoms with Crippen molar-refractivity contribution in [2.45, 2.75) is 0 Å². The molecule has 0 fully saturated rings. The second-order valence-corrected chi connectivity index (χ2v) is 4.90. The zero-order valence-electron chi connectivity index (χ0n) is 13.5. The van der Waals surface area contributed by atoms with Crippen LogP contribution in [0.2, 0.25) is 0 Å². The van der Waals surface area contributed by atoms with Crippen molar-refractivity contribution < 1.29 is 30.6 Å². The highest BCUT2D eigenvalue weighted by Crippen LogP contribution is 2.31. The van der Waals surface area contributed by atoms with Gasteiger partial charge in [-0.2, -0.15) is 10.2 Å². The Kier molecular flexibility index (Phi) is 7.07. The molecular weight excluding hydrogens is 382 g/mol. The number of hydrazone groups is 1. The summed E-state index contributed by atoms with van der Waals surface area (Å²) in [5.74, 6) is -2.74. The molecule has 0 aliphatic heterocycles. The zero-order chi connectivity index (χ0) is 19.3. The number of hydrogen-bond donors (Lipinski definition) is 8. The molecule has 0 aromatic heterocycles. The number of guanidine groups is 1. The number of aromatic hydroxyl groups is 6. The molecule has 0 saturated heterocycles. The van der Waals surface area contributed by atoms with Gasteiger partial charge in [0, 0.05) is 23.3 Å². The quantitative estimate of drug-likeness (QED) is 0.121. The molecule has 0 amide bonds. The fourth-order valence-electron chi connectivity index (χ4n) is 1.71. The lowest BCUT2D eigenvalue weighted by atomic mass is 10.2. The molecule has 11 nitrogen and oxygen atoms in total. The molecule has 27 heavy (non-hydrogen) atoms. The number of phenols is 6. The van der Waals surface area contributed by atoms with Crippen molar-refractivity contribution in [2.75, 3.05) is 0 Å². The van der Waals surface area contributed by atoms with E-state index in [0.717, 1.165) is 36.7 Å². The van der Waals surface area contributed by atoms with Gasteiger partial charge in [0.15, 0.2) is 23.0 Å². The molecule has 2 rings (SSSR count). The number of nitrogens with one attached hydrogen (secondary N) is 1. The Bertz CT molecular complexity index is 916. The lowest BCUT2D eigenvalue weighted by Crippen LogP contribution is -2.26. The highest BCUT2D eigenvalue weighted by Gasteiger charge is 2.06. The molecule has 0 aliphatic rings. The van der Waals surface area contributed by atoms with Gasteiger partial charge in [-0.1, -0.05) is 0 Å². The molecule has 0 spiro atoms. The van der Waals surface area contributed by atoms with E-state index in [0.29, 0.717) is 0 Å². The Labute approximate surface area is 158 Å². The standard InChI is InChI=1S/C15H15N5O6.ClH/c16-15(19-17-5-7-1-11(23)13(25)3-9(7)21)20-18-6-8-2-12(24)14(26)4-10(8)22;/h1-6,21-26H,(H3,16,19,20);1H/b17-5+,18-6+;. The number of nitrogens with two attached hydrogens (primary N) is 1. The van der Waals surface area contributed by atoms with Crippen LogP contribution in [0, 0.1) is 0 Å². The fraction of sp³-hybridized carbons (Fsp3) is 0. The van der Waals surface area contributed by atoms with Crippen molar-refractivity contribution in [3.63, 3.8) is 0 Å². The maximum Gasteiger partial charge on any atom is 0.234 e. The highest BCUT2D eigenvalue weighted by molar-refractivity contribution is 5.88. The van der Waals surface area contributed by atoms with E-state index in [4.69, 9.17) is 5.73 Å². The van der Waals surface area contributed by atoms with Crippen molar-refractivity contribution in [2.24, 2.45) is 21.0 Å². The normalized spacial score (nSPS) is 11.6. The van der Waals surface area contributed by atoms with E-state index in [-0.39, 0.29) is 41.0 Å². The van der Waals surface area contributed by atoms with Crippen LogP contribution in [-0.4, -0.2) is 49.0 Å². The first-order valence-electron chi connectivity index (χ1n) is 6.93. The van der Waals surface area contributed by atoms with Gasteiger partial charge in [-0.05, 0) is 12.1 Å². The minimum atomic E-state index is -0.484. The van der Waals surface area contributed by atoms with Gasteiger partial charge in [0.1, 0.15) is 11.5 Å². The van der Waals surface area contributed by atoms with Crippen LogP contribution in [0.15, 0.2) is 39.6 Å². The van der Waals surface area contributed by atoms with Crippen molar-refractivity contribution in [3.05, 3.63) is 35.4 Å². The summed E-state index contributed by atoms with van der Waals surface area (Å²) >= 11 is 0. The molecule has 0 heterocycles. The zero-order valence-corrected chi connectivity index (χ0v) is 14.3. The number of rotatable bonds is 4. The molecule has 144 valence electrons. The number of hydrogen-bond acceptors (Lipinski definition) is 9. The highest BCUT2D eigenvalue weighted by atomic mass is 35.5. The van der Waals surface area contributed by atoms with Gasteiger partial charge in [-0.15, -0.1) is 17.5 Å². The monoisotopic (exact) mass is 397 g/mol. The van der Waals surface area contributed by atoms with Crippen LogP contribution in [0.5, 0.6) is 34.5 Å². The largest absolute Gasteiger partial charge is 0.507 e. The van der Waals surface area contributed by atoms with Crippen LogP contribution in [0.25, 0.3) is 0 Å². The van der Waals surface area contributed by atoms with E-state index in [1.54, 1.807) is 0 Å². The van der Waals surface area contributed by atoms with Crippen LogP contribution in [-0.2, 0) is 0 Å². The van der Waals surface area contributed by atoms with Crippen molar-refractivity contribution in [3.8, 4) is 34.5 Å². The summed E-state index contributed by atoms with van der Waals surface area (Å²) < 4.78 is 0. The maximum absolute atomic E-state index is 9.58. The number of benzene rings is 2. The Morgan fingerprint density at radius 1 is 0.741 bits per heavy atom. The molecule has 0 unspecified atom stereocenters. The minimum absolute atomic E-state index is 0. The van der Waals surface area contributed by atoms with Gasteiger partial charge in [-0.25, -0.2) is 5.43 Å². The van der Waals surface area contributed by atoms with Crippen LogP contribution in [0.1, 0.15) is 11.1 Å². The summed E-state index contributed by atoms with van der Waals surface area (Å²) in [6.07, 6.45) is 2.20. The third kappa shape index (κ3) is 5.57. The summed E-state index contributed by atoms with van der Waals surface area (Å²) in [5.41, 5.74) is 7.98. The first-order valence-corrected chi connectivity index (χ1v) is 6.93. The molecule has 0 bridgehead atoms.